The molecule has 0 aromatic heterocycles. The van der Waals surface area contributed by atoms with Crippen LogP contribution in [0.3, 0.4) is 0 Å². The number of ether oxygens (including phenoxy) is 1. The minimum atomic E-state index is -4.45. The molecule has 118 valence electrons. The van der Waals surface area contributed by atoms with E-state index in [9.17, 15) is 21.6 Å². The van der Waals surface area contributed by atoms with E-state index in [0.717, 1.165) is 6.07 Å². The Morgan fingerprint density at radius 3 is 2.62 bits per heavy atom. The molecule has 2 rings (SSSR count). The van der Waals surface area contributed by atoms with Gasteiger partial charge in [0.25, 0.3) is 0 Å². The minimum absolute atomic E-state index is 0.0453. The third-order valence-electron chi connectivity index (χ3n) is 3.22. The van der Waals surface area contributed by atoms with Crippen molar-refractivity contribution in [3.8, 4) is 5.75 Å². The van der Waals surface area contributed by atoms with Crippen molar-refractivity contribution in [3.63, 3.8) is 0 Å². The normalized spacial score (nSPS) is 21.4. The number of para-hydroxylation sites is 1. The van der Waals surface area contributed by atoms with Crippen LogP contribution >= 0.6 is 0 Å². The first kappa shape index (κ1) is 16.1. The van der Waals surface area contributed by atoms with Gasteiger partial charge in [0.2, 0.25) is 0 Å². The van der Waals surface area contributed by atoms with Crippen LogP contribution in [0.15, 0.2) is 24.3 Å². The third kappa shape index (κ3) is 4.60. The van der Waals surface area contributed by atoms with E-state index in [0.29, 0.717) is 13.0 Å². The second-order valence-electron chi connectivity index (χ2n) is 4.90. The Bertz CT molecular complexity index is 587. The van der Waals surface area contributed by atoms with Gasteiger partial charge >= 0.3 is 6.18 Å². The summed E-state index contributed by atoms with van der Waals surface area (Å²) in [6, 6.07) is 4.87. The molecule has 1 fully saturated rings. The molecule has 0 amide bonds. The number of hydrogen-bond acceptors (Lipinski definition) is 4. The highest BCUT2D eigenvalue weighted by Crippen LogP contribution is 2.35. The lowest BCUT2D eigenvalue weighted by Crippen LogP contribution is -2.33. The molecule has 0 aliphatic carbocycles. The van der Waals surface area contributed by atoms with Crippen molar-refractivity contribution in [2.24, 2.45) is 0 Å². The van der Waals surface area contributed by atoms with Gasteiger partial charge in [-0.15, -0.1) is 0 Å². The number of alkyl halides is 3. The molecule has 1 aromatic rings. The van der Waals surface area contributed by atoms with Gasteiger partial charge in [0, 0.05) is 12.6 Å². The van der Waals surface area contributed by atoms with E-state index in [1.54, 1.807) is 0 Å². The van der Waals surface area contributed by atoms with Crippen LogP contribution in [-0.4, -0.2) is 39.1 Å². The molecule has 8 heteroatoms. The van der Waals surface area contributed by atoms with Crippen LogP contribution in [0.25, 0.3) is 0 Å². The minimum Gasteiger partial charge on any atom is -0.492 e. The molecule has 1 aromatic carbocycles. The second-order valence-corrected chi connectivity index (χ2v) is 7.13. The van der Waals surface area contributed by atoms with Crippen LogP contribution in [0.4, 0.5) is 13.2 Å². The fraction of sp³-hybridized carbons (Fsp3) is 0.538. The van der Waals surface area contributed by atoms with Crippen molar-refractivity contribution < 1.29 is 26.3 Å². The SMILES string of the molecule is O=S1(=O)CCC(NCCOc2ccccc2C(F)(F)F)C1. The second kappa shape index (κ2) is 6.23. The first-order chi connectivity index (χ1) is 9.78. The van der Waals surface area contributed by atoms with Gasteiger partial charge in [-0.1, -0.05) is 12.1 Å². The summed E-state index contributed by atoms with van der Waals surface area (Å²) in [5.74, 6) is 0.0139. The number of benzene rings is 1. The maximum absolute atomic E-state index is 12.7. The first-order valence-electron chi connectivity index (χ1n) is 6.51. The van der Waals surface area contributed by atoms with Crippen LogP contribution in [0.2, 0.25) is 0 Å². The molecule has 1 unspecified atom stereocenters. The Balaban J connectivity index is 1.82. The van der Waals surface area contributed by atoms with Gasteiger partial charge in [0.1, 0.15) is 12.4 Å². The van der Waals surface area contributed by atoms with Crippen molar-refractivity contribution in [1.29, 1.82) is 0 Å². The summed E-state index contributed by atoms with van der Waals surface area (Å²) in [5, 5.41) is 2.98. The lowest BCUT2D eigenvalue weighted by molar-refractivity contribution is -0.138. The number of halogens is 3. The smallest absolute Gasteiger partial charge is 0.419 e. The zero-order chi connectivity index (χ0) is 15.5. The third-order valence-corrected chi connectivity index (χ3v) is 4.99. The van der Waals surface area contributed by atoms with Crippen molar-refractivity contribution in [1.82, 2.24) is 5.32 Å². The number of nitrogens with one attached hydrogen (secondary N) is 1. The Labute approximate surface area is 121 Å². The topological polar surface area (TPSA) is 55.4 Å². The molecule has 1 saturated heterocycles. The summed E-state index contributed by atoms with van der Waals surface area (Å²) in [5.41, 5.74) is -0.812. The predicted octanol–water partition coefficient (Wildman–Crippen LogP) is 1.86. The molecule has 1 N–H and O–H groups in total. The Hall–Kier alpha value is -1.28. The summed E-state index contributed by atoms with van der Waals surface area (Å²) in [6.07, 6.45) is -3.93. The van der Waals surface area contributed by atoms with Gasteiger partial charge in [0.05, 0.1) is 17.1 Å². The van der Waals surface area contributed by atoms with Gasteiger partial charge in [-0.3, -0.25) is 0 Å². The molecule has 0 radical (unpaired) electrons. The number of hydrogen-bond donors (Lipinski definition) is 1. The van der Waals surface area contributed by atoms with E-state index < -0.39 is 21.6 Å². The maximum Gasteiger partial charge on any atom is 0.419 e. The van der Waals surface area contributed by atoms with E-state index in [4.69, 9.17) is 4.74 Å². The van der Waals surface area contributed by atoms with Crippen molar-refractivity contribution in [2.45, 2.75) is 18.6 Å². The van der Waals surface area contributed by atoms with Crippen molar-refractivity contribution in [3.05, 3.63) is 29.8 Å². The number of rotatable bonds is 5. The fourth-order valence-electron chi connectivity index (χ4n) is 2.21. The molecule has 21 heavy (non-hydrogen) atoms. The Morgan fingerprint density at radius 1 is 1.29 bits per heavy atom. The van der Waals surface area contributed by atoms with Gasteiger partial charge in [0.15, 0.2) is 9.84 Å². The molecule has 1 aliphatic rings. The predicted molar refractivity (Wildman–Crippen MR) is 72.0 cm³/mol. The van der Waals surface area contributed by atoms with E-state index in [1.807, 2.05) is 0 Å². The van der Waals surface area contributed by atoms with Crippen molar-refractivity contribution in [2.75, 3.05) is 24.7 Å². The van der Waals surface area contributed by atoms with Gasteiger partial charge in [-0.05, 0) is 18.6 Å². The molecular formula is C13H16F3NO3S. The molecule has 0 saturated carbocycles. The Morgan fingerprint density at radius 2 is 2.00 bits per heavy atom. The molecule has 0 spiro atoms. The molecule has 4 nitrogen and oxygen atoms in total. The first-order valence-corrected chi connectivity index (χ1v) is 8.33. The molecule has 1 heterocycles. The fourth-order valence-corrected chi connectivity index (χ4v) is 3.91. The lowest BCUT2D eigenvalue weighted by Gasteiger charge is -2.15. The summed E-state index contributed by atoms with van der Waals surface area (Å²) in [7, 11) is -2.96. The van der Waals surface area contributed by atoms with Crippen LogP contribution in [-0.2, 0) is 16.0 Å². The van der Waals surface area contributed by atoms with Gasteiger partial charge in [-0.2, -0.15) is 13.2 Å². The average molecular weight is 323 g/mol. The lowest BCUT2D eigenvalue weighted by atomic mass is 10.2. The molecule has 1 aliphatic heterocycles. The summed E-state index contributed by atoms with van der Waals surface area (Å²) >= 11 is 0. The number of sulfone groups is 1. The summed E-state index contributed by atoms with van der Waals surface area (Å²) in [6.45, 7) is 0.343. The van der Waals surface area contributed by atoms with E-state index in [2.05, 4.69) is 5.32 Å². The maximum atomic E-state index is 12.7. The van der Waals surface area contributed by atoms with E-state index in [-0.39, 0.29) is 29.9 Å². The largest absolute Gasteiger partial charge is 0.492 e. The molecular weight excluding hydrogens is 307 g/mol. The average Bonchev–Trinajstić information content (AvgIpc) is 2.74. The van der Waals surface area contributed by atoms with Crippen molar-refractivity contribution >= 4 is 9.84 Å². The zero-order valence-corrected chi connectivity index (χ0v) is 12.0. The van der Waals surface area contributed by atoms with Crippen LogP contribution in [0.1, 0.15) is 12.0 Å². The quantitative estimate of drug-likeness (QED) is 0.841. The van der Waals surface area contributed by atoms with Crippen LogP contribution in [0.5, 0.6) is 5.75 Å². The molecule has 1 atom stereocenters. The highest BCUT2D eigenvalue weighted by atomic mass is 32.2. The summed E-state index contributed by atoms with van der Waals surface area (Å²) < 4.78 is 65.8. The van der Waals surface area contributed by atoms with E-state index in [1.165, 1.54) is 18.2 Å². The van der Waals surface area contributed by atoms with Crippen LogP contribution < -0.4 is 10.1 Å². The highest BCUT2D eigenvalue weighted by molar-refractivity contribution is 7.91. The Kier molecular flexibility index (Phi) is 4.77. The highest BCUT2D eigenvalue weighted by Gasteiger charge is 2.34. The monoisotopic (exact) mass is 323 g/mol. The van der Waals surface area contributed by atoms with Gasteiger partial charge in [-0.25, -0.2) is 8.42 Å². The van der Waals surface area contributed by atoms with E-state index >= 15 is 0 Å². The zero-order valence-electron chi connectivity index (χ0n) is 11.2. The van der Waals surface area contributed by atoms with Crippen LogP contribution in [0, 0.1) is 0 Å². The van der Waals surface area contributed by atoms with Gasteiger partial charge < -0.3 is 10.1 Å². The standard InChI is InChI=1S/C13H16F3NO3S/c14-13(15,16)11-3-1-2-4-12(11)20-7-6-17-10-5-8-21(18,19)9-10/h1-4,10,17H,5-9H2. The molecule has 0 bridgehead atoms. The summed E-state index contributed by atoms with van der Waals surface area (Å²) in [4.78, 5) is 0.